The van der Waals surface area contributed by atoms with Crippen molar-refractivity contribution in [2.45, 2.75) is 0 Å². The average Bonchev–Trinajstić information content (AvgIpc) is 3.19. The number of rotatable bonds is 6. The van der Waals surface area contributed by atoms with E-state index in [1.807, 2.05) is 24.3 Å². The summed E-state index contributed by atoms with van der Waals surface area (Å²) in [6, 6.07) is 13.7. The number of H-pyrrole nitrogens is 1. The summed E-state index contributed by atoms with van der Waals surface area (Å²) in [5.41, 5.74) is 4.70. The van der Waals surface area contributed by atoms with E-state index >= 15 is 0 Å². The summed E-state index contributed by atoms with van der Waals surface area (Å²) in [6.07, 6.45) is 1.44. The number of phenols is 1. The number of aromatic nitrogens is 2. The lowest BCUT2D eigenvalue weighted by atomic mass is 10.1. The highest BCUT2D eigenvalue weighted by Gasteiger charge is 2.13. The molecule has 1 amide bonds. The normalized spacial score (nSPS) is 10.7. The third-order valence-electron chi connectivity index (χ3n) is 3.79. The highest BCUT2D eigenvalue weighted by Crippen LogP contribution is 2.28. The number of carbonyl (C=O) groups is 1. The number of phenolic OH excluding ortho intramolecular Hbond substituents is 1. The van der Waals surface area contributed by atoms with Crippen LogP contribution in [0.1, 0.15) is 16.1 Å². The Bertz CT molecular complexity index is 981. The summed E-state index contributed by atoms with van der Waals surface area (Å²) in [5.74, 6) is 0.571. The Kier molecular flexibility index (Phi) is 5.36. The number of benzene rings is 2. The van der Waals surface area contributed by atoms with Crippen molar-refractivity contribution in [3.63, 3.8) is 0 Å². The van der Waals surface area contributed by atoms with Crippen LogP contribution in [0.4, 0.5) is 0 Å². The van der Waals surface area contributed by atoms with Crippen LogP contribution >= 0.6 is 0 Å². The first-order chi connectivity index (χ1) is 13.1. The number of nitrogens with one attached hydrogen (secondary N) is 2. The van der Waals surface area contributed by atoms with Gasteiger partial charge >= 0.3 is 0 Å². The van der Waals surface area contributed by atoms with Crippen LogP contribution < -0.4 is 14.9 Å². The Hall–Kier alpha value is -3.81. The minimum absolute atomic E-state index is 0.0278. The molecule has 0 saturated carbocycles. The van der Waals surface area contributed by atoms with E-state index in [-0.39, 0.29) is 11.4 Å². The summed E-state index contributed by atoms with van der Waals surface area (Å²) in [7, 11) is 3.03. The number of amides is 1. The molecule has 3 aromatic rings. The molecule has 138 valence electrons. The van der Waals surface area contributed by atoms with E-state index in [0.717, 1.165) is 5.56 Å². The second kappa shape index (κ2) is 8.05. The van der Waals surface area contributed by atoms with Crippen LogP contribution in [0.3, 0.4) is 0 Å². The van der Waals surface area contributed by atoms with E-state index in [0.29, 0.717) is 22.8 Å². The Labute approximate surface area is 155 Å². The molecule has 3 rings (SSSR count). The quantitative estimate of drug-likeness (QED) is 0.459. The van der Waals surface area contributed by atoms with Crippen LogP contribution in [0.25, 0.3) is 11.3 Å². The Morgan fingerprint density at radius 3 is 2.70 bits per heavy atom. The van der Waals surface area contributed by atoms with Gasteiger partial charge < -0.3 is 14.6 Å². The lowest BCUT2D eigenvalue weighted by Crippen LogP contribution is -2.18. The van der Waals surface area contributed by atoms with Crippen molar-refractivity contribution < 1.29 is 19.4 Å². The molecule has 0 aliphatic heterocycles. The topological polar surface area (TPSA) is 109 Å². The van der Waals surface area contributed by atoms with Crippen molar-refractivity contribution in [1.82, 2.24) is 15.6 Å². The number of aromatic hydroxyl groups is 1. The molecule has 8 nitrogen and oxygen atoms in total. The van der Waals surface area contributed by atoms with E-state index in [2.05, 4.69) is 20.7 Å². The summed E-state index contributed by atoms with van der Waals surface area (Å²) in [6.45, 7) is 0. The van der Waals surface area contributed by atoms with E-state index in [9.17, 15) is 9.90 Å². The molecule has 2 aromatic carbocycles. The van der Waals surface area contributed by atoms with E-state index in [1.165, 1.54) is 19.4 Å². The maximum Gasteiger partial charge on any atom is 0.289 e. The third-order valence-corrected chi connectivity index (χ3v) is 3.79. The molecule has 0 fully saturated rings. The van der Waals surface area contributed by atoms with Gasteiger partial charge in [-0.2, -0.15) is 10.2 Å². The lowest BCUT2D eigenvalue weighted by molar-refractivity contribution is 0.0950. The highest BCUT2D eigenvalue weighted by molar-refractivity contribution is 5.94. The van der Waals surface area contributed by atoms with Crippen LogP contribution in [0, 0.1) is 0 Å². The van der Waals surface area contributed by atoms with Gasteiger partial charge in [0.2, 0.25) is 0 Å². The van der Waals surface area contributed by atoms with Crippen LogP contribution in [0.5, 0.6) is 17.2 Å². The third kappa shape index (κ3) is 4.06. The van der Waals surface area contributed by atoms with Gasteiger partial charge in [-0.15, -0.1) is 0 Å². The standard InChI is InChI=1S/C19H18N4O4/c1-26-17-6-4-3-5-13(17)14-10-15(22-21-14)19(25)23-20-11-12-7-8-16(24)18(9-12)27-2/h3-11,24H,1-2H3,(H,21,22)(H,23,25)/b20-11+. The number of ether oxygens (including phenoxy) is 2. The van der Waals surface area contributed by atoms with Crippen LogP contribution in [-0.2, 0) is 0 Å². The second-order valence-corrected chi connectivity index (χ2v) is 5.50. The van der Waals surface area contributed by atoms with Gasteiger partial charge in [0.15, 0.2) is 11.5 Å². The molecular weight excluding hydrogens is 348 g/mol. The fourth-order valence-corrected chi connectivity index (χ4v) is 2.43. The fourth-order valence-electron chi connectivity index (χ4n) is 2.43. The lowest BCUT2D eigenvalue weighted by Gasteiger charge is -2.04. The molecular formula is C19H18N4O4. The number of nitrogens with zero attached hydrogens (tertiary/aromatic N) is 2. The maximum absolute atomic E-state index is 12.2. The number of aromatic amines is 1. The molecule has 0 bridgehead atoms. The van der Waals surface area contributed by atoms with Crippen LogP contribution in [-0.4, -0.2) is 41.6 Å². The molecule has 3 N–H and O–H groups in total. The number of hydrogen-bond donors (Lipinski definition) is 3. The van der Waals surface area contributed by atoms with Crippen LogP contribution in [0.2, 0.25) is 0 Å². The van der Waals surface area contributed by atoms with Gasteiger partial charge in [-0.3, -0.25) is 9.89 Å². The molecule has 8 heteroatoms. The molecule has 0 unspecified atom stereocenters. The van der Waals surface area contributed by atoms with Gasteiger partial charge in [-0.05, 0) is 42.0 Å². The van der Waals surface area contributed by atoms with E-state index in [1.54, 1.807) is 25.3 Å². The number of hydrogen-bond acceptors (Lipinski definition) is 6. The summed E-state index contributed by atoms with van der Waals surface area (Å²) in [5, 5.41) is 20.3. The molecule has 27 heavy (non-hydrogen) atoms. The number of methoxy groups -OCH3 is 2. The summed E-state index contributed by atoms with van der Waals surface area (Å²) < 4.78 is 10.3. The first-order valence-corrected chi connectivity index (χ1v) is 8.01. The Morgan fingerprint density at radius 2 is 1.93 bits per heavy atom. The maximum atomic E-state index is 12.2. The number of hydrazone groups is 1. The molecule has 0 saturated heterocycles. The first-order valence-electron chi connectivity index (χ1n) is 8.01. The van der Waals surface area contributed by atoms with Gasteiger partial charge in [0.05, 0.1) is 26.1 Å². The smallest absolute Gasteiger partial charge is 0.289 e. The Morgan fingerprint density at radius 1 is 1.15 bits per heavy atom. The van der Waals surface area contributed by atoms with Gasteiger partial charge in [-0.1, -0.05) is 12.1 Å². The molecule has 0 atom stereocenters. The number of carbonyl (C=O) groups excluding carboxylic acids is 1. The van der Waals surface area contributed by atoms with Crippen molar-refractivity contribution in [3.8, 4) is 28.5 Å². The zero-order valence-electron chi connectivity index (χ0n) is 14.8. The monoisotopic (exact) mass is 366 g/mol. The minimum atomic E-state index is -0.439. The second-order valence-electron chi connectivity index (χ2n) is 5.50. The van der Waals surface area contributed by atoms with Gasteiger partial charge in [0.1, 0.15) is 11.4 Å². The van der Waals surface area contributed by atoms with Crippen LogP contribution in [0.15, 0.2) is 53.6 Å². The van der Waals surface area contributed by atoms with Crippen molar-refractivity contribution in [2.24, 2.45) is 5.10 Å². The molecule has 0 aliphatic carbocycles. The molecule has 0 spiro atoms. The minimum Gasteiger partial charge on any atom is -0.504 e. The predicted molar refractivity (Wildman–Crippen MR) is 100 cm³/mol. The average molecular weight is 366 g/mol. The van der Waals surface area contributed by atoms with Crippen molar-refractivity contribution in [1.29, 1.82) is 0 Å². The van der Waals surface area contributed by atoms with E-state index < -0.39 is 5.91 Å². The zero-order valence-corrected chi connectivity index (χ0v) is 14.8. The van der Waals surface area contributed by atoms with E-state index in [4.69, 9.17) is 9.47 Å². The van der Waals surface area contributed by atoms with Crippen molar-refractivity contribution in [3.05, 3.63) is 59.8 Å². The first kappa shape index (κ1) is 18.0. The van der Waals surface area contributed by atoms with Gasteiger partial charge in [0, 0.05) is 5.56 Å². The SMILES string of the molecule is COc1cc(/C=N/NC(=O)c2cc(-c3ccccc3OC)n[nH]2)ccc1O. The Balaban J connectivity index is 1.70. The molecule has 1 aromatic heterocycles. The highest BCUT2D eigenvalue weighted by atomic mass is 16.5. The van der Waals surface area contributed by atoms with Crippen molar-refractivity contribution >= 4 is 12.1 Å². The molecule has 1 heterocycles. The summed E-state index contributed by atoms with van der Waals surface area (Å²) >= 11 is 0. The van der Waals surface area contributed by atoms with Crippen molar-refractivity contribution in [2.75, 3.05) is 14.2 Å². The van der Waals surface area contributed by atoms with Gasteiger partial charge in [0.25, 0.3) is 5.91 Å². The zero-order chi connectivity index (χ0) is 19.2. The number of para-hydroxylation sites is 1. The molecule has 0 aliphatic rings. The molecule has 0 radical (unpaired) electrons. The predicted octanol–water partition coefficient (Wildman–Crippen LogP) is 2.56. The largest absolute Gasteiger partial charge is 0.504 e. The van der Waals surface area contributed by atoms with Gasteiger partial charge in [-0.25, -0.2) is 5.43 Å². The summed E-state index contributed by atoms with van der Waals surface area (Å²) in [4.78, 5) is 12.2. The fraction of sp³-hybridized carbons (Fsp3) is 0.105.